The Hall–Kier alpha value is -2.22. The van der Waals surface area contributed by atoms with Gasteiger partial charge in [-0.1, -0.05) is 0 Å². The molecule has 0 aliphatic carbocycles. The van der Waals surface area contributed by atoms with Crippen molar-refractivity contribution in [2.45, 2.75) is 0 Å². The van der Waals surface area contributed by atoms with E-state index < -0.39 is 17.1 Å². The Morgan fingerprint density at radius 2 is 1.90 bits per heavy atom. The van der Waals surface area contributed by atoms with Crippen LogP contribution in [0.3, 0.4) is 0 Å². The topological polar surface area (TPSA) is 72.7 Å². The highest BCUT2D eigenvalue weighted by molar-refractivity contribution is 9.10. The van der Waals surface area contributed by atoms with E-state index in [1.807, 2.05) is 0 Å². The van der Waals surface area contributed by atoms with Gasteiger partial charge in [0.15, 0.2) is 10.3 Å². The minimum atomic E-state index is -0.607. The standard InChI is InChI=1S/C12H8BrFN4O2/c1-17-9-8(15-11(17)13)10(19)18(12(20)16-9)7-4-2-6(14)3-5-7/h2-5H,1H3,(H,16,20). The average molecular weight is 339 g/mol. The summed E-state index contributed by atoms with van der Waals surface area (Å²) in [7, 11) is 1.66. The zero-order chi connectivity index (χ0) is 14.4. The predicted molar refractivity (Wildman–Crippen MR) is 74.6 cm³/mol. The number of benzene rings is 1. The number of fused-ring (bicyclic) bond motifs is 1. The molecule has 1 N–H and O–H groups in total. The number of hydrogen-bond donors (Lipinski definition) is 1. The molecule has 2 heterocycles. The Labute approximate surface area is 119 Å². The van der Waals surface area contributed by atoms with E-state index in [1.54, 1.807) is 11.6 Å². The normalized spacial score (nSPS) is 11.2. The molecular formula is C12H8BrFN4O2. The van der Waals surface area contributed by atoms with E-state index >= 15 is 0 Å². The number of nitrogens with zero attached hydrogens (tertiary/aromatic N) is 3. The van der Waals surface area contributed by atoms with Gasteiger partial charge in [0.2, 0.25) is 0 Å². The molecule has 20 heavy (non-hydrogen) atoms. The quantitative estimate of drug-likeness (QED) is 0.680. The van der Waals surface area contributed by atoms with Gasteiger partial charge in [-0.2, -0.15) is 0 Å². The van der Waals surface area contributed by atoms with Gasteiger partial charge in [0.05, 0.1) is 5.69 Å². The first kappa shape index (κ1) is 12.8. The molecule has 3 aromatic rings. The van der Waals surface area contributed by atoms with Gasteiger partial charge < -0.3 is 4.57 Å². The Morgan fingerprint density at radius 1 is 1.25 bits per heavy atom. The van der Waals surface area contributed by atoms with Crippen LogP contribution in [0.5, 0.6) is 0 Å². The molecule has 2 aromatic heterocycles. The second kappa shape index (κ2) is 4.41. The lowest BCUT2D eigenvalue weighted by atomic mass is 10.3. The number of imidazole rings is 1. The fourth-order valence-electron chi connectivity index (χ4n) is 1.94. The van der Waals surface area contributed by atoms with Crippen molar-refractivity contribution in [3.63, 3.8) is 0 Å². The van der Waals surface area contributed by atoms with Crippen LogP contribution in [-0.4, -0.2) is 19.1 Å². The summed E-state index contributed by atoms with van der Waals surface area (Å²) in [6, 6.07) is 5.07. The highest BCUT2D eigenvalue weighted by atomic mass is 79.9. The first-order chi connectivity index (χ1) is 9.49. The van der Waals surface area contributed by atoms with E-state index in [4.69, 9.17) is 0 Å². The molecule has 0 saturated heterocycles. The zero-order valence-corrected chi connectivity index (χ0v) is 11.8. The second-order valence-electron chi connectivity index (χ2n) is 4.18. The van der Waals surface area contributed by atoms with Gasteiger partial charge in [-0.05, 0) is 40.2 Å². The number of nitrogens with one attached hydrogen (secondary N) is 1. The summed E-state index contributed by atoms with van der Waals surface area (Å²) in [5.74, 6) is -0.445. The van der Waals surface area contributed by atoms with Crippen molar-refractivity contribution in [2.24, 2.45) is 7.05 Å². The third kappa shape index (κ3) is 1.80. The van der Waals surface area contributed by atoms with Gasteiger partial charge in [0.1, 0.15) is 11.5 Å². The zero-order valence-electron chi connectivity index (χ0n) is 10.2. The van der Waals surface area contributed by atoms with E-state index in [9.17, 15) is 14.0 Å². The number of hydrogen-bond acceptors (Lipinski definition) is 3. The smallest absolute Gasteiger partial charge is 0.308 e. The van der Waals surface area contributed by atoms with Crippen LogP contribution in [0, 0.1) is 5.82 Å². The Balaban J connectivity index is 2.40. The average Bonchev–Trinajstić information content (AvgIpc) is 2.69. The van der Waals surface area contributed by atoms with E-state index in [1.165, 1.54) is 24.3 Å². The van der Waals surface area contributed by atoms with Gasteiger partial charge in [-0.15, -0.1) is 0 Å². The van der Waals surface area contributed by atoms with Crippen molar-refractivity contribution in [1.82, 2.24) is 19.1 Å². The first-order valence-electron chi connectivity index (χ1n) is 5.62. The summed E-state index contributed by atoms with van der Waals surface area (Å²) >= 11 is 3.19. The number of aromatic nitrogens is 4. The lowest BCUT2D eigenvalue weighted by Crippen LogP contribution is -2.33. The first-order valence-corrected chi connectivity index (χ1v) is 6.41. The van der Waals surface area contributed by atoms with Crippen LogP contribution in [0.2, 0.25) is 0 Å². The van der Waals surface area contributed by atoms with E-state index in [-0.39, 0.29) is 11.2 Å². The highest BCUT2D eigenvalue weighted by Crippen LogP contribution is 2.13. The van der Waals surface area contributed by atoms with Crippen LogP contribution < -0.4 is 11.2 Å². The molecule has 1 aromatic carbocycles. The van der Waals surface area contributed by atoms with Gasteiger partial charge in [0, 0.05) is 7.05 Å². The maximum atomic E-state index is 12.9. The SMILES string of the molecule is Cn1c(Br)nc2c(=O)n(-c3ccc(F)cc3)c(=O)[nH]c21. The Bertz CT molecular complexity index is 924. The lowest BCUT2D eigenvalue weighted by molar-refractivity contribution is 0.627. The Morgan fingerprint density at radius 3 is 2.55 bits per heavy atom. The molecule has 0 aliphatic rings. The van der Waals surface area contributed by atoms with Crippen LogP contribution >= 0.6 is 15.9 Å². The van der Waals surface area contributed by atoms with Crippen LogP contribution in [0.4, 0.5) is 4.39 Å². The lowest BCUT2D eigenvalue weighted by Gasteiger charge is -2.04. The molecule has 0 fully saturated rings. The molecule has 0 amide bonds. The largest absolute Gasteiger partial charge is 0.334 e. The van der Waals surface area contributed by atoms with Crippen molar-refractivity contribution in [3.8, 4) is 5.69 Å². The number of halogens is 2. The number of H-pyrrole nitrogens is 1. The molecular weight excluding hydrogens is 331 g/mol. The van der Waals surface area contributed by atoms with Gasteiger partial charge in [-0.3, -0.25) is 9.78 Å². The molecule has 0 spiro atoms. The third-order valence-electron chi connectivity index (χ3n) is 2.96. The molecule has 0 aliphatic heterocycles. The number of aromatic amines is 1. The predicted octanol–water partition coefficient (Wildman–Crippen LogP) is 1.31. The summed E-state index contributed by atoms with van der Waals surface area (Å²) < 4.78 is 15.8. The second-order valence-corrected chi connectivity index (χ2v) is 4.89. The van der Waals surface area contributed by atoms with E-state index in [2.05, 4.69) is 25.9 Å². The van der Waals surface area contributed by atoms with Gasteiger partial charge >= 0.3 is 5.69 Å². The van der Waals surface area contributed by atoms with Crippen LogP contribution in [-0.2, 0) is 7.05 Å². The molecule has 8 heteroatoms. The fraction of sp³-hybridized carbons (Fsp3) is 0.0833. The maximum absolute atomic E-state index is 12.9. The van der Waals surface area contributed by atoms with Crippen molar-refractivity contribution in [1.29, 1.82) is 0 Å². The number of aryl methyl sites for hydroxylation is 1. The molecule has 0 atom stereocenters. The van der Waals surface area contributed by atoms with Crippen molar-refractivity contribution in [2.75, 3.05) is 0 Å². The summed E-state index contributed by atoms with van der Waals surface area (Å²) in [5, 5.41) is 0. The molecule has 0 radical (unpaired) electrons. The number of rotatable bonds is 1. The molecule has 6 nitrogen and oxygen atoms in total. The molecule has 3 rings (SSSR count). The minimum Gasteiger partial charge on any atom is -0.308 e. The third-order valence-corrected chi connectivity index (χ3v) is 3.67. The molecule has 0 unspecified atom stereocenters. The fourth-order valence-corrected chi connectivity index (χ4v) is 2.30. The van der Waals surface area contributed by atoms with Crippen molar-refractivity contribution >= 4 is 27.1 Å². The van der Waals surface area contributed by atoms with Crippen LogP contribution in [0.1, 0.15) is 0 Å². The van der Waals surface area contributed by atoms with Crippen molar-refractivity contribution < 1.29 is 4.39 Å². The summed E-state index contributed by atoms with van der Waals surface area (Å²) in [6.45, 7) is 0. The Kier molecular flexibility index (Phi) is 2.82. The molecule has 102 valence electrons. The molecule has 0 saturated carbocycles. The van der Waals surface area contributed by atoms with Crippen LogP contribution in [0.25, 0.3) is 16.9 Å². The van der Waals surface area contributed by atoms with Gasteiger partial charge in [0.25, 0.3) is 5.56 Å². The monoisotopic (exact) mass is 338 g/mol. The van der Waals surface area contributed by atoms with Crippen molar-refractivity contribution in [3.05, 3.63) is 55.7 Å². The van der Waals surface area contributed by atoms with Crippen LogP contribution in [0.15, 0.2) is 38.6 Å². The summed E-state index contributed by atoms with van der Waals surface area (Å²) in [6.07, 6.45) is 0. The maximum Gasteiger partial charge on any atom is 0.334 e. The molecule has 0 bridgehead atoms. The summed E-state index contributed by atoms with van der Waals surface area (Å²) in [4.78, 5) is 31.1. The summed E-state index contributed by atoms with van der Waals surface area (Å²) in [5.41, 5.74) is -0.434. The van der Waals surface area contributed by atoms with E-state index in [0.717, 1.165) is 4.57 Å². The van der Waals surface area contributed by atoms with Gasteiger partial charge in [-0.25, -0.2) is 18.7 Å². The van der Waals surface area contributed by atoms with E-state index in [0.29, 0.717) is 10.4 Å². The highest BCUT2D eigenvalue weighted by Gasteiger charge is 2.15. The minimum absolute atomic E-state index is 0.128.